The predicted octanol–water partition coefficient (Wildman–Crippen LogP) is 6.94. The largest absolute Gasteiger partial charge is 0.497 e. The standard InChI is InChI=1S/C45H52N4O9SSi/c1-11-31(3)56-44(28-54-45(32-15-13-12-14-16-32,33-17-21-35(52-7)22-18-33)34-19-23-36(53-8)24-20-34)38(58-60(9,10)43(4,5)6)37(55-42(59)48-26-25-46-29-48)40(57-44)49-27-30(2)39(50)47-41(49)51/h1,12-27,29,31,37-38,40H,28H2,2-10H3,(H,47,50,51)/t31-,37-,38+,40-,44-/m1/s1. The van der Waals surface area contributed by atoms with E-state index in [-0.39, 0.29) is 22.4 Å². The molecule has 0 bridgehead atoms. The van der Waals surface area contributed by atoms with Crippen LogP contribution in [-0.4, -0.2) is 77.5 Å². The maximum atomic E-state index is 13.8. The number of aromatic amines is 1. The number of hydrogen-bond donors (Lipinski definition) is 1. The van der Waals surface area contributed by atoms with Crippen molar-refractivity contribution in [1.82, 2.24) is 19.1 Å². The lowest BCUT2D eigenvalue weighted by Crippen LogP contribution is -2.59. The Labute approximate surface area is 356 Å². The van der Waals surface area contributed by atoms with Crippen molar-refractivity contribution in [3.05, 3.63) is 147 Å². The van der Waals surface area contributed by atoms with E-state index in [4.69, 9.17) is 51.5 Å². The van der Waals surface area contributed by atoms with Crippen molar-refractivity contribution in [3.8, 4) is 23.8 Å². The number of aryl methyl sites for hydroxylation is 1. The Morgan fingerprint density at radius 2 is 1.57 bits per heavy atom. The molecule has 1 N–H and O–H groups in total. The van der Waals surface area contributed by atoms with Gasteiger partial charge in [-0.15, -0.1) is 6.42 Å². The summed E-state index contributed by atoms with van der Waals surface area (Å²) < 4.78 is 49.4. The van der Waals surface area contributed by atoms with E-state index in [2.05, 4.69) is 49.8 Å². The van der Waals surface area contributed by atoms with Crippen LogP contribution in [0.3, 0.4) is 0 Å². The first-order chi connectivity index (χ1) is 28.5. The van der Waals surface area contributed by atoms with Crippen molar-refractivity contribution in [1.29, 1.82) is 0 Å². The molecule has 0 aliphatic carbocycles. The number of nitrogens with one attached hydrogen (secondary N) is 1. The van der Waals surface area contributed by atoms with Gasteiger partial charge in [-0.1, -0.05) is 81.3 Å². The van der Waals surface area contributed by atoms with Gasteiger partial charge in [0.05, 0.1) is 14.2 Å². The molecular formula is C45H52N4O9SSi. The summed E-state index contributed by atoms with van der Waals surface area (Å²) in [6.45, 7) is 13.4. The second-order valence-electron chi connectivity index (χ2n) is 16.1. The molecule has 3 heterocycles. The van der Waals surface area contributed by atoms with Crippen LogP contribution in [0.2, 0.25) is 18.1 Å². The van der Waals surface area contributed by atoms with Crippen LogP contribution < -0.4 is 20.7 Å². The number of thiocarbonyl (C=S) groups is 1. The van der Waals surface area contributed by atoms with Gasteiger partial charge in [0.1, 0.15) is 42.2 Å². The zero-order chi connectivity index (χ0) is 43.5. The number of terminal acetylenes is 1. The highest BCUT2D eigenvalue weighted by molar-refractivity contribution is 7.80. The first kappa shape index (κ1) is 44.2. The van der Waals surface area contributed by atoms with Crippen molar-refractivity contribution in [3.63, 3.8) is 0 Å². The van der Waals surface area contributed by atoms with Gasteiger partial charge in [-0.25, -0.2) is 9.78 Å². The fourth-order valence-electron chi connectivity index (χ4n) is 6.91. The molecule has 5 aromatic rings. The van der Waals surface area contributed by atoms with Crippen molar-refractivity contribution in [2.75, 3.05) is 20.8 Å². The average molecular weight is 853 g/mol. The van der Waals surface area contributed by atoms with E-state index in [1.54, 1.807) is 40.5 Å². The molecule has 6 rings (SSSR count). The van der Waals surface area contributed by atoms with Crippen molar-refractivity contribution in [2.45, 2.75) is 88.7 Å². The third-order valence-corrected chi connectivity index (χ3v) is 16.0. The summed E-state index contributed by atoms with van der Waals surface area (Å²) >= 11 is 5.83. The molecule has 60 heavy (non-hydrogen) atoms. The van der Waals surface area contributed by atoms with Gasteiger partial charge in [-0.3, -0.25) is 18.9 Å². The summed E-state index contributed by atoms with van der Waals surface area (Å²) in [4.78, 5) is 33.1. The molecule has 1 aliphatic rings. The maximum absolute atomic E-state index is 13.8. The number of imidazole rings is 1. The first-order valence-corrected chi connectivity index (χ1v) is 22.8. The topological polar surface area (TPSA) is 137 Å². The van der Waals surface area contributed by atoms with E-state index in [1.807, 2.05) is 78.9 Å². The molecule has 5 atom stereocenters. The lowest BCUT2D eigenvalue weighted by molar-refractivity contribution is -0.300. The minimum absolute atomic E-state index is 0.000872. The molecule has 316 valence electrons. The number of rotatable bonds is 14. The van der Waals surface area contributed by atoms with Gasteiger partial charge in [-0.2, -0.15) is 0 Å². The van der Waals surface area contributed by atoms with E-state index in [0.29, 0.717) is 11.5 Å². The number of H-pyrrole nitrogens is 1. The van der Waals surface area contributed by atoms with Gasteiger partial charge in [0.2, 0.25) is 5.79 Å². The molecule has 13 nitrogen and oxygen atoms in total. The SMILES string of the molecule is C#C[C@@H](C)O[C@]1(COC(c2ccccc2)(c2ccc(OC)cc2)c2ccc(OC)cc2)O[C@@H](n2cc(C)c(=O)[nH]c2=O)[C@H](OC(=S)n2ccnc2)[C@@H]1O[Si](C)(C)C(C)(C)C. The molecule has 0 spiro atoms. The molecule has 1 aliphatic heterocycles. The summed E-state index contributed by atoms with van der Waals surface area (Å²) in [5, 5.41) is -0.336. The number of ether oxygens (including phenoxy) is 6. The minimum atomic E-state index is -2.81. The molecule has 0 radical (unpaired) electrons. The highest BCUT2D eigenvalue weighted by Crippen LogP contribution is 2.49. The van der Waals surface area contributed by atoms with Gasteiger partial charge in [0.15, 0.2) is 20.6 Å². The van der Waals surface area contributed by atoms with Crippen LogP contribution in [0, 0.1) is 19.3 Å². The van der Waals surface area contributed by atoms with Crippen molar-refractivity contribution in [2.24, 2.45) is 0 Å². The first-order valence-electron chi connectivity index (χ1n) is 19.5. The van der Waals surface area contributed by atoms with Crippen LogP contribution >= 0.6 is 12.2 Å². The van der Waals surface area contributed by atoms with E-state index >= 15 is 0 Å². The fourth-order valence-corrected chi connectivity index (χ4v) is 8.43. The number of methoxy groups -OCH3 is 2. The Balaban J connectivity index is 1.63. The zero-order valence-electron chi connectivity index (χ0n) is 35.3. The summed E-state index contributed by atoms with van der Waals surface area (Å²) in [5.41, 5.74) is -0.112. The van der Waals surface area contributed by atoms with Crippen LogP contribution in [0.5, 0.6) is 11.5 Å². The van der Waals surface area contributed by atoms with Gasteiger partial charge >= 0.3 is 5.69 Å². The Bertz CT molecular complexity index is 2360. The normalized spacial score (nSPS) is 20.0. The van der Waals surface area contributed by atoms with E-state index in [0.717, 1.165) is 16.7 Å². The molecule has 0 saturated carbocycles. The van der Waals surface area contributed by atoms with E-state index in [9.17, 15) is 9.59 Å². The van der Waals surface area contributed by atoms with Gasteiger partial charge in [-0.05, 0) is 85.2 Å². The predicted molar refractivity (Wildman–Crippen MR) is 234 cm³/mol. The Kier molecular flexibility index (Phi) is 13.1. The molecule has 2 aromatic heterocycles. The summed E-state index contributed by atoms with van der Waals surface area (Å²) in [7, 11) is 0.400. The van der Waals surface area contributed by atoms with Crippen LogP contribution in [0.25, 0.3) is 0 Å². The van der Waals surface area contributed by atoms with Crippen LogP contribution in [0.1, 0.15) is 56.2 Å². The molecular weight excluding hydrogens is 801 g/mol. The second-order valence-corrected chi connectivity index (χ2v) is 21.2. The van der Waals surface area contributed by atoms with Crippen molar-refractivity contribution < 1.29 is 32.8 Å². The second kappa shape index (κ2) is 17.7. The van der Waals surface area contributed by atoms with Gasteiger partial charge in [0.25, 0.3) is 10.7 Å². The summed E-state index contributed by atoms with van der Waals surface area (Å²) in [5.74, 6) is 2.09. The number of nitrogens with zero attached hydrogens (tertiary/aromatic N) is 3. The third-order valence-electron chi connectivity index (χ3n) is 11.2. The number of hydrogen-bond acceptors (Lipinski definition) is 11. The quantitative estimate of drug-likeness (QED) is 0.0539. The third kappa shape index (κ3) is 8.76. The molecule has 1 saturated heterocycles. The highest BCUT2D eigenvalue weighted by atomic mass is 32.1. The van der Waals surface area contributed by atoms with Crippen LogP contribution in [0.4, 0.5) is 0 Å². The Hall–Kier alpha value is -5.34. The number of aromatic nitrogens is 4. The van der Waals surface area contributed by atoms with Gasteiger partial charge in [0, 0.05) is 24.2 Å². The van der Waals surface area contributed by atoms with Gasteiger partial charge < -0.3 is 32.8 Å². The number of benzene rings is 3. The average Bonchev–Trinajstić information content (AvgIpc) is 3.87. The Morgan fingerprint density at radius 1 is 0.983 bits per heavy atom. The van der Waals surface area contributed by atoms with Crippen LogP contribution in [0.15, 0.2) is 113 Å². The van der Waals surface area contributed by atoms with E-state index < -0.39 is 55.5 Å². The lowest BCUT2D eigenvalue weighted by atomic mass is 9.80. The monoisotopic (exact) mass is 852 g/mol. The summed E-state index contributed by atoms with van der Waals surface area (Å²) in [6.07, 6.45) is 7.67. The molecule has 1 fully saturated rings. The van der Waals surface area contributed by atoms with E-state index in [1.165, 1.54) is 21.7 Å². The summed E-state index contributed by atoms with van der Waals surface area (Å²) in [6, 6.07) is 25.0. The van der Waals surface area contributed by atoms with Crippen LogP contribution in [-0.2, 0) is 29.0 Å². The molecule has 3 aromatic carbocycles. The van der Waals surface area contributed by atoms with Crippen molar-refractivity contribution >= 4 is 25.7 Å². The molecule has 0 unspecified atom stereocenters. The lowest BCUT2D eigenvalue weighted by Gasteiger charge is -2.45. The fraction of sp³-hybridized carbons (Fsp3) is 0.378. The highest BCUT2D eigenvalue weighted by Gasteiger charge is 2.63. The maximum Gasteiger partial charge on any atom is 0.330 e. The minimum Gasteiger partial charge on any atom is -0.497 e. The smallest absolute Gasteiger partial charge is 0.330 e. The molecule has 15 heteroatoms. The Morgan fingerprint density at radius 3 is 2.08 bits per heavy atom. The zero-order valence-corrected chi connectivity index (χ0v) is 37.1. The molecule has 0 amide bonds.